The fourth-order valence-electron chi connectivity index (χ4n) is 1.53. The van der Waals surface area contributed by atoms with Crippen molar-refractivity contribution in [2.75, 3.05) is 14.2 Å². The van der Waals surface area contributed by atoms with E-state index in [4.69, 9.17) is 0 Å². The third kappa shape index (κ3) is 7.57. The van der Waals surface area contributed by atoms with Crippen LogP contribution in [0.5, 0.6) is 0 Å². The fraction of sp³-hybridized carbons (Fsp3) is 1.00. The van der Waals surface area contributed by atoms with Crippen LogP contribution in [0.4, 0.5) is 0 Å². The van der Waals surface area contributed by atoms with Gasteiger partial charge in [-0.25, -0.2) is 0 Å². The van der Waals surface area contributed by atoms with Gasteiger partial charge in [-0.05, 0) is 10.8 Å². The van der Waals surface area contributed by atoms with Crippen LogP contribution in [-0.4, -0.2) is 23.3 Å². The molecule has 0 unspecified atom stereocenters. The molecule has 1 nitrogen and oxygen atoms in total. The lowest BCUT2D eigenvalue weighted by atomic mass is 10.00. The summed E-state index contributed by atoms with van der Waals surface area (Å²) in [6.45, 7) is 14.0. The molecular formula is C12H28OSi+. The molecule has 0 aromatic rings. The number of hydrogen-bond acceptors (Lipinski definition) is 0. The zero-order valence-electron chi connectivity index (χ0n) is 11.3. The molecule has 0 spiro atoms. The molecule has 0 bridgehead atoms. The molecule has 0 aromatic heterocycles. The summed E-state index contributed by atoms with van der Waals surface area (Å²) in [6.07, 6.45) is 0. The summed E-state index contributed by atoms with van der Waals surface area (Å²) in [7, 11) is 3.89. The van der Waals surface area contributed by atoms with Crippen molar-refractivity contribution in [2.24, 2.45) is 10.8 Å². The molecular weight excluding hydrogens is 188 g/mol. The van der Waals surface area contributed by atoms with Crippen LogP contribution in [0.15, 0.2) is 0 Å². The SMILES string of the molecule is C[O+](C)[Si](CC(C)(C)C)CC(C)(C)C. The summed E-state index contributed by atoms with van der Waals surface area (Å²) in [5, 5.41) is 0. The summed E-state index contributed by atoms with van der Waals surface area (Å²) in [4.78, 5) is 0. The molecule has 0 saturated carbocycles. The lowest BCUT2D eigenvalue weighted by molar-refractivity contribution is 0.105. The van der Waals surface area contributed by atoms with Gasteiger partial charge in [0.2, 0.25) is 0 Å². The topological polar surface area (TPSA) is 2.70 Å². The van der Waals surface area contributed by atoms with E-state index < -0.39 is 9.04 Å². The highest BCUT2D eigenvalue weighted by molar-refractivity contribution is 6.53. The maximum absolute atomic E-state index is 3.25. The monoisotopic (exact) mass is 216 g/mol. The highest BCUT2D eigenvalue weighted by Gasteiger charge is 2.36. The third-order valence-corrected chi connectivity index (χ3v) is 6.10. The second-order valence-corrected chi connectivity index (χ2v) is 9.43. The molecule has 0 N–H and O–H groups in total. The van der Waals surface area contributed by atoms with Crippen molar-refractivity contribution in [3.8, 4) is 0 Å². The maximum Gasteiger partial charge on any atom is 0.458 e. The van der Waals surface area contributed by atoms with Gasteiger partial charge in [-0.2, -0.15) is 0 Å². The minimum absolute atomic E-state index is 0.426. The van der Waals surface area contributed by atoms with Crippen LogP contribution in [-0.2, 0) is 4.06 Å². The molecule has 0 aromatic carbocycles. The Hall–Kier alpha value is 0.177. The highest BCUT2D eigenvalue weighted by Crippen LogP contribution is 2.31. The van der Waals surface area contributed by atoms with Gasteiger partial charge in [-0.15, -0.1) is 0 Å². The summed E-state index contributed by atoms with van der Waals surface area (Å²) in [5.41, 5.74) is 0.910. The fourth-order valence-corrected chi connectivity index (χ4v) is 4.60. The Morgan fingerprint density at radius 1 is 0.786 bits per heavy atom. The molecule has 0 aliphatic heterocycles. The average Bonchev–Trinajstić information content (AvgIpc) is 1.78. The van der Waals surface area contributed by atoms with Crippen LogP contribution < -0.4 is 0 Å². The first-order valence-corrected chi connectivity index (χ1v) is 7.26. The van der Waals surface area contributed by atoms with Gasteiger partial charge in [0.25, 0.3) is 0 Å². The number of rotatable bonds is 3. The second-order valence-electron chi connectivity index (χ2n) is 6.83. The first-order valence-electron chi connectivity index (χ1n) is 5.43. The normalized spacial score (nSPS) is 14.1. The molecule has 1 radical (unpaired) electrons. The average molecular weight is 216 g/mol. The molecule has 2 heteroatoms. The summed E-state index contributed by atoms with van der Waals surface area (Å²) in [6, 6.07) is 2.68. The molecule has 14 heavy (non-hydrogen) atoms. The molecule has 0 saturated heterocycles. The zero-order chi connectivity index (χ0) is 11.6. The van der Waals surface area contributed by atoms with Gasteiger partial charge in [-0.3, -0.25) is 0 Å². The van der Waals surface area contributed by atoms with Gasteiger partial charge in [-0.1, -0.05) is 41.5 Å². The predicted molar refractivity (Wildman–Crippen MR) is 67.2 cm³/mol. The largest absolute Gasteiger partial charge is 0.521 e. The standard InChI is InChI=1S/C12H28OSi/c1-11(2,3)9-14(13(7)8)10-12(4,5)6/h9-10H2,1-8H3/q+1. The van der Waals surface area contributed by atoms with E-state index in [1.807, 2.05) is 0 Å². The Morgan fingerprint density at radius 3 is 1.21 bits per heavy atom. The number of hydrogen-bond donors (Lipinski definition) is 0. The van der Waals surface area contributed by atoms with Crippen molar-refractivity contribution in [2.45, 2.75) is 53.6 Å². The molecule has 0 fully saturated rings. The van der Waals surface area contributed by atoms with E-state index in [0.717, 1.165) is 0 Å². The van der Waals surface area contributed by atoms with Crippen LogP contribution in [0.3, 0.4) is 0 Å². The zero-order valence-corrected chi connectivity index (χ0v) is 12.3. The van der Waals surface area contributed by atoms with Crippen molar-refractivity contribution >= 4 is 9.04 Å². The van der Waals surface area contributed by atoms with E-state index in [0.29, 0.717) is 10.8 Å². The van der Waals surface area contributed by atoms with Crippen molar-refractivity contribution in [3.05, 3.63) is 0 Å². The molecule has 85 valence electrons. The summed E-state index contributed by atoms with van der Waals surface area (Å²) >= 11 is 0. The Balaban J connectivity index is 4.32. The third-order valence-electron chi connectivity index (χ3n) is 2.03. The van der Waals surface area contributed by atoms with E-state index in [1.54, 1.807) is 0 Å². The maximum atomic E-state index is 3.25. The van der Waals surface area contributed by atoms with Crippen LogP contribution in [0.2, 0.25) is 12.1 Å². The van der Waals surface area contributed by atoms with Crippen molar-refractivity contribution in [3.63, 3.8) is 0 Å². The minimum atomic E-state index is -0.426. The van der Waals surface area contributed by atoms with E-state index in [1.165, 1.54) is 12.1 Å². The van der Waals surface area contributed by atoms with E-state index in [2.05, 4.69) is 59.8 Å². The van der Waals surface area contributed by atoms with Crippen molar-refractivity contribution in [1.82, 2.24) is 0 Å². The summed E-state index contributed by atoms with van der Waals surface area (Å²) < 4.78 is 3.25. The van der Waals surface area contributed by atoms with Crippen LogP contribution in [0.25, 0.3) is 0 Å². The Morgan fingerprint density at radius 2 is 1.07 bits per heavy atom. The van der Waals surface area contributed by atoms with Gasteiger partial charge < -0.3 is 4.06 Å². The molecule has 0 aliphatic rings. The van der Waals surface area contributed by atoms with E-state index >= 15 is 0 Å². The van der Waals surface area contributed by atoms with Crippen LogP contribution >= 0.6 is 0 Å². The van der Waals surface area contributed by atoms with Crippen LogP contribution in [0, 0.1) is 10.8 Å². The van der Waals surface area contributed by atoms with Crippen LogP contribution in [0.1, 0.15) is 41.5 Å². The summed E-state index contributed by atoms with van der Waals surface area (Å²) in [5.74, 6) is 0. The highest BCUT2D eigenvalue weighted by atomic mass is 28.3. The first kappa shape index (κ1) is 14.2. The molecule has 0 atom stereocenters. The van der Waals surface area contributed by atoms with Gasteiger partial charge in [0.05, 0.1) is 0 Å². The minimum Gasteiger partial charge on any atom is -0.521 e. The van der Waals surface area contributed by atoms with E-state index in [9.17, 15) is 0 Å². The predicted octanol–water partition coefficient (Wildman–Crippen LogP) is 3.88. The van der Waals surface area contributed by atoms with Gasteiger partial charge >= 0.3 is 9.04 Å². The molecule has 0 amide bonds. The molecule has 0 heterocycles. The Labute approximate surface area is 92.3 Å². The van der Waals surface area contributed by atoms with Gasteiger partial charge in [0.15, 0.2) is 0 Å². The molecule has 0 aliphatic carbocycles. The van der Waals surface area contributed by atoms with Gasteiger partial charge in [0, 0.05) is 12.1 Å². The van der Waals surface area contributed by atoms with Crippen molar-refractivity contribution in [1.29, 1.82) is 0 Å². The van der Waals surface area contributed by atoms with Gasteiger partial charge in [0.1, 0.15) is 14.2 Å². The molecule has 0 rings (SSSR count). The van der Waals surface area contributed by atoms with Crippen molar-refractivity contribution < 1.29 is 4.06 Å². The smallest absolute Gasteiger partial charge is 0.458 e. The Kier molecular flexibility index (Phi) is 4.86. The van der Waals surface area contributed by atoms with E-state index in [-0.39, 0.29) is 0 Å². The lowest BCUT2D eigenvalue weighted by Gasteiger charge is -2.28. The quantitative estimate of drug-likeness (QED) is 0.497. The lowest BCUT2D eigenvalue weighted by Crippen LogP contribution is -2.33. The first-order chi connectivity index (χ1) is 6.01. The second kappa shape index (κ2) is 4.80. The Bertz CT molecular complexity index is 146.